The number of amides is 1. The van der Waals surface area contributed by atoms with E-state index >= 15 is 0 Å². The van der Waals surface area contributed by atoms with Gasteiger partial charge in [0.1, 0.15) is 5.75 Å². The fourth-order valence-corrected chi connectivity index (χ4v) is 3.51. The number of hydrogen-bond donors (Lipinski definition) is 1. The van der Waals surface area contributed by atoms with Gasteiger partial charge >= 0.3 is 0 Å². The molecule has 27 heavy (non-hydrogen) atoms. The van der Waals surface area contributed by atoms with Gasteiger partial charge < -0.3 is 10.1 Å². The molecule has 144 valence electrons. The highest BCUT2D eigenvalue weighted by Crippen LogP contribution is 2.24. The number of nitrogens with one attached hydrogen (secondary N) is 1. The van der Waals surface area contributed by atoms with Crippen molar-refractivity contribution in [3.05, 3.63) is 63.6 Å². The van der Waals surface area contributed by atoms with Gasteiger partial charge in [-0.05, 0) is 49.6 Å². The number of hydrogen-bond acceptors (Lipinski definition) is 3. The zero-order valence-corrected chi connectivity index (χ0v) is 16.9. The molecule has 6 heteroatoms. The Kier molecular flexibility index (Phi) is 7.00. The van der Waals surface area contributed by atoms with Crippen molar-refractivity contribution in [3.63, 3.8) is 0 Å². The first kappa shape index (κ1) is 20.0. The van der Waals surface area contributed by atoms with E-state index < -0.39 is 0 Å². The van der Waals surface area contributed by atoms with Gasteiger partial charge in [-0.25, -0.2) is 0 Å². The number of nitrogens with zero attached hydrogens (tertiary/aromatic N) is 1. The van der Waals surface area contributed by atoms with Gasteiger partial charge in [-0.3, -0.25) is 9.69 Å². The third kappa shape index (κ3) is 6.13. The third-order valence-corrected chi connectivity index (χ3v) is 5.47. The molecular weight excluding hydrogens is 383 g/mol. The van der Waals surface area contributed by atoms with Crippen molar-refractivity contribution >= 4 is 29.1 Å². The van der Waals surface area contributed by atoms with Gasteiger partial charge in [0.05, 0.1) is 10.0 Å². The van der Waals surface area contributed by atoms with E-state index in [-0.39, 0.29) is 18.6 Å². The van der Waals surface area contributed by atoms with Crippen LogP contribution < -0.4 is 10.1 Å². The molecular formula is C21H24Cl2N2O2. The number of aryl methyl sites for hydroxylation is 1. The van der Waals surface area contributed by atoms with Gasteiger partial charge in [-0.2, -0.15) is 0 Å². The van der Waals surface area contributed by atoms with Gasteiger partial charge in [0, 0.05) is 25.7 Å². The Labute approximate surface area is 170 Å². The van der Waals surface area contributed by atoms with E-state index in [0.717, 1.165) is 38.0 Å². The molecule has 0 saturated carbocycles. The summed E-state index contributed by atoms with van der Waals surface area (Å²) in [6, 6.07) is 13.6. The molecule has 4 nitrogen and oxygen atoms in total. The molecule has 1 N–H and O–H groups in total. The fraction of sp³-hybridized carbons (Fsp3) is 0.381. The van der Waals surface area contributed by atoms with Crippen LogP contribution in [0.2, 0.25) is 10.0 Å². The van der Waals surface area contributed by atoms with Crippen molar-refractivity contribution in [3.8, 4) is 5.75 Å². The minimum Gasteiger partial charge on any atom is -0.484 e. The van der Waals surface area contributed by atoms with Crippen LogP contribution in [0.3, 0.4) is 0 Å². The predicted octanol–water partition coefficient (Wildman–Crippen LogP) is 4.46. The highest BCUT2D eigenvalue weighted by molar-refractivity contribution is 6.42. The number of carbonyl (C=O) groups is 1. The van der Waals surface area contributed by atoms with Crippen LogP contribution in [0.25, 0.3) is 0 Å². The van der Waals surface area contributed by atoms with Crippen molar-refractivity contribution in [2.45, 2.75) is 32.4 Å². The lowest BCUT2D eigenvalue weighted by molar-refractivity contribution is -0.124. The molecule has 1 heterocycles. The number of carbonyl (C=O) groups excluding carboxylic acids is 1. The van der Waals surface area contributed by atoms with Crippen LogP contribution in [0.4, 0.5) is 0 Å². The molecule has 1 fully saturated rings. The lowest BCUT2D eigenvalue weighted by Gasteiger charge is -2.32. The smallest absolute Gasteiger partial charge is 0.258 e. The van der Waals surface area contributed by atoms with Gasteiger partial charge in [-0.1, -0.05) is 47.0 Å². The van der Waals surface area contributed by atoms with Crippen LogP contribution in [-0.2, 0) is 11.3 Å². The fourth-order valence-electron chi connectivity index (χ4n) is 3.18. The Morgan fingerprint density at radius 1 is 1.11 bits per heavy atom. The molecule has 1 amide bonds. The first-order valence-corrected chi connectivity index (χ1v) is 9.90. The molecule has 1 aliphatic rings. The Morgan fingerprint density at radius 3 is 2.48 bits per heavy atom. The number of rotatable bonds is 6. The van der Waals surface area contributed by atoms with E-state index in [9.17, 15) is 4.79 Å². The monoisotopic (exact) mass is 406 g/mol. The average Bonchev–Trinajstić information content (AvgIpc) is 2.66. The Bertz CT molecular complexity index is 772. The topological polar surface area (TPSA) is 41.6 Å². The molecule has 0 radical (unpaired) electrons. The van der Waals surface area contributed by atoms with Crippen molar-refractivity contribution < 1.29 is 9.53 Å². The lowest BCUT2D eigenvalue weighted by atomic mass is 10.0. The van der Waals surface area contributed by atoms with Crippen LogP contribution in [0, 0.1) is 6.92 Å². The summed E-state index contributed by atoms with van der Waals surface area (Å²) in [5.41, 5.74) is 2.32. The van der Waals surface area contributed by atoms with Crippen LogP contribution >= 0.6 is 23.2 Å². The summed E-state index contributed by atoms with van der Waals surface area (Å²) in [5, 5.41) is 4.24. The number of benzene rings is 2. The molecule has 1 aliphatic heterocycles. The van der Waals surface area contributed by atoms with Crippen LogP contribution in [0.5, 0.6) is 5.75 Å². The minimum atomic E-state index is -0.0708. The number of ether oxygens (including phenoxy) is 1. The molecule has 2 aromatic carbocycles. The molecule has 0 aromatic heterocycles. The normalized spacial score (nSPS) is 15.5. The van der Waals surface area contributed by atoms with E-state index in [1.54, 1.807) is 0 Å². The summed E-state index contributed by atoms with van der Waals surface area (Å²) in [4.78, 5) is 14.5. The zero-order chi connectivity index (χ0) is 19.2. The Morgan fingerprint density at radius 2 is 1.81 bits per heavy atom. The summed E-state index contributed by atoms with van der Waals surface area (Å²) in [6.45, 7) is 4.78. The first-order valence-electron chi connectivity index (χ1n) is 9.15. The Hall–Kier alpha value is -1.75. The SMILES string of the molecule is Cc1ccc(OCC(=O)NC2CCN(Cc3ccc(Cl)c(Cl)c3)CC2)cc1. The van der Waals surface area contributed by atoms with Crippen LogP contribution in [0.1, 0.15) is 24.0 Å². The number of likely N-dealkylation sites (tertiary alicyclic amines) is 1. The number of piperidine rings is 1. The molecule has 0 spiro atoms. The van der Waals surface area contributed by atoms with Gasteiger partial charge in [0.15, 0.2) is 6.61 Å². The van der Waals surface area contributed by atoms with E-state index in [4.69, 9.17) is 27.9 Å². The molecule has 0 atom stereocenters. The average molecular weight is 407 g/mol. The molecule has 0 unspecified atom stereocenters. The summed E-state index contributed by atoms with van der Waals surface area (Å²) < 4.78 is 5.54. The van der Waals surface area contributed by atoms with Gasteiger partial charge in [0.2, 0.25) is 0 Å². The van der Waals surface area contributed by atoms with Crippen LogP contribution in [-0.4, -0.2) is 36.5 Å². The molecule has 1 saturated heterocycles. The number of halogens is 2. The molecule has 2 aromatic rings. The van der Waals surface area contributed by atoms with Gasteiger partial charge in [-0.15, -0.1) is 0 Å². The van der Waals surface area contributed by atoms with E-state index in [1.807, 2.05) is 49.4 Å². The molecule has 3 rings (SSSR count). The highest BCUT2D eigenvalue weighted by Gasteiger charge is 2.21. The zero-order valence-electron chi connectivity index (χ0n) is 15.4. The molecule has 0 aliphatic carbocycles. The second kappa shape index (κ2) is 9.45. The maximum Gasteiger partial charge on any atom is 0.258 e. The summed E-state index contributed by atoms with van der Waals surface area (Å²) >= 11 is 12.1. The molecule has 0 bridgehead atoms. The quantitative estimate of drug-likeness (QED) is 0.769. The summed E-state index contributed by atoms with van der Waals surface area (Å²) in [6.07, 6.45) is 1.86. The second-order valence-corrected chi connectivity index (χ2v) is 7.78. The largest absolute Gasteiger partial charge is 0.484 e. The van der Waals surface area contributed by atoms with Crippen molar-refractivity contribution in [1.29, 1.82) is 0 Å². The highest BCUT2D eigenvalue weighted by atomic mass is 35.5. The summed E-state index contributed by atoms with van der Waals surface area (Å²) in [7, 11) is 0. The maximum absolute atomic E-state index is 12.1. The van der Waals surface area contributed by atoms with E-state index in [1.165, 1.54) is 5.56 Å². The van der Waals surface area contributed by atoms with Crippen molar-refractivity contribution in [2.75, 3.05) is 19.7 Å². The maximum atomic E-state index is 12.1. The Balaban J connectivity index is 1.39. The summed E-state index contributed by atoms with van der Waals surface area (Å²) in [5.74, 6) is 0.644. The minimum absolute atomic E-state index is 0.0482. The second-order valence-electron chi connectivity index (χ2n) is 6.97. The van der Waals surface area contributed by atoms with Crippen LogP contribution in [0.15, 0.2) is 42.5 Å². The standard InChI is InChI=1S/C21H24Cl2N2O2/c1-15-2-5-18(6-3-15)27-14-21(26)24-17-8-10-25(11-9-17)13-16-4-7-19(22)20(23)12-16/h2-7,12,17H,8-11,13-14H2,1H3,(H,24,26). The van der Waals surface area contributed by atoms with Gasteiger partial charge in [0.25, 0.3) is 5.91 Å². The van der Waals surface area contributed by atoms with E-state index in [2.05, 4.69) is 10.2 Å². The predicted molar refractivity (Wildman–Crippen MR) is 110 cm³/mol. The lowest BCUT2D eigenvalue weighted by Crippen LogP contribution is -2.45. The van der Waals surface area contributed by atoms with E-state index in [0.29, 0.717) is 15.8 Å². The first-order chi connectivity index (χ1) is 13.0. The van der Waals surface area contributed by atoms with Crippen molar-refractivity contribution in [2.24, 2.45) is 0 Å². The van der Waals surface area contributed by atoms with Crippen molar-refractivity contribution in [1.82, 2.24) is 10.2 Å². The third-order valence-electron chi connectivity index (χ3n) is 4.73.